The summed E-state index contributed by atoms with van der Waals surface area (Å²) < 4.78 is 4.03. The average Bonchev–Trinajstić information content (AvgIpc) is 3.24. The van der Waals surface area contributed by atoms with Gasteiger partial charge in [-0.2, -0.15) is 5.10 Å². The van der Waals surface area contributed by atoms with Crippen molar-refractivity contribution in [1.82, 2.24) is 29.5 Å². The van der Waals surface area contributed by atoms with E-state index in [1.807, 2.05) is 37.1 Å². The number of aryl methyl sites for hydroxylation is 2. The molecule has 1 aliphatic rings. The first-order chi connectivity index (χ1) is 11.6. The fourth-order valence-corrected chi connectivity index (χ4v) is 3.13. The van der Waals surface area contributed by atoms with Crippen LogP contribution in [0.25, 0.3) is 0 Å². The second-order valence-electron chi connectivity index (χ2n) is 6.43. The Morgan fingerprint density at radius 1 is 1.44 bits per heavy atom. The minimum Gasteiger partial charge on any atom is -0.340 e. The van der Waals surface area contributed by atoms with Gasteiger partial charge in [0.05, 0.1) is 6.04 Å². The molecule has 0 saturated carbocycles. The van der Waals surface area contributed by atoms with Crippen LogP contribution in [0.1, 0.15) is 41.6 Å². The van der Waals surface area contributed by atoms with E-state index in [9.17, 15) is 4.79 Å². The van der Waals surface area contributed by atoms with Crippen LogP contribution in [0.2, 0.25) is 0 Å². The quantitative estimate of drug-likeness (QED) is 0.847. The van der Waals surface area contributed by atoms with Crippen LogP contribution in [0.3, 0.4) is 0 Å². The van der Waals surface area contributed by atoms with Crippen LogP contribution in [0.5, 0.6) is 0 Å². The number of nitrogens with one attached hydrogen (secondary N) is 1. The minimum atomic E-state index is -0.0140. The summed E-state index contributed by atoms with van der Waals surface area (Å²) in [5, 5.41) is 7.87. The summed E-state index contributed by atoms with van der Waals surface area (Å²) in [4.78, 5) is 18.5. The van der Waals surface area contributed by atoms with Crippen LogP contribution in [0.4, 0.5) is 0 Å². The Morgan fingerprint density at radius 3 is 2.96 bits per heavy atom. The maximum Gasteiger partial charge on any atom is 0.274 e. The topological polar surface area (TPSA) is 68.0 Å². The van der Waals surface area contributed by atoms with Gasteiger partial charge in [0.1, 0.15) is 11.5 Å². The van der Waals surface area contributed by atoms with E-state index < -0.39 is 0 Å². The lowest BCUT2D eigenvalue weighted by Crippen LogP contribution is -2.32. The molecule has 2 aromatic rings. The highest BCUT2D eigenvalue weighted by molar-refractivity contribution is 5.91. The molecule has 25 heavy (non-hydrogen) atoms. The number of hydrogen-bond acceptors (Lipinski definition) is 4. The zero-order chi connectivity index (χ0) is 16.9. The zero-order valence-corrected chi connectivity index (χ0v) is 15.7. The molecule has 1 atom stereocenters. The molecule has 138 valence electrons. The molecule has 1 unspecified atom stereocenters. The second kappa shape index (κ2) is 9.01. The summed E-state index contributed by atoms with van der Waals surface area (Å²) in [5.74, 6) is 0.990. The normalized spacial score (nSPS) is 17.1. The largest absolute Gasteiger partial charge is 0.340 e. The van der Waals surface area contributed by atoms with Gasteiger partial charge in [-0.15, -0.1) is 12.4 Å². The lowest BCUT2D eigenvalue weighted by atomic mass is 10.1. The van der Waals surface area contributed by atoms with Gasteiger partial charge >= 0.3 is 0 Å². The predicted molar refractivity (Wildman–Crippen MR) is 99.2 cm³/mol. The third kappa shape index (κ3) is 4.83. The van der Waals surface area contributed by atoms with Crippen LogP contribution in [-0.4, -0.2) is 56.8 Å². The van der Waals surface area contributed by atoms with Crippen LogP contribution >= 0.6 is 12.4 Å². The second-order valence-corrected chi connectivity index (χ2v) is 6.43. The Labute approximate surface area is 154 Å². The van der Waals surface area contributed by atoms with Gasteiger partial charge in [-0.1, -0.05) is 0 Å². The average molecular weight is 367 g/mol. The Kier molecular flexibility index (Phi) is 7.01. The Balaban J connectivity index is 0.00000225. The molecule has 0 radical (unpaired) electrons. The summed E-state index contributed by atoms with van der Waals surface area (Å²) in [6.07, 6.45) is 8.86. The number of rotatable bonds is 6. The molecule has 0 aromatic carbocycles. The number of carbonyl (C=O) groups excluding carboxylic acids is 1. The Morgan fingerprint density at radius 2 is 2.28 bits per heavy atom. The molecule has 7 nitrogen and oxygen atoms in total. The fraction of sp³-hybridized carbons (Fsp3) is 0.588. The number of aromatic nitrogens is 4. The maximum atomic E-state index is 12.5. The number of carbonyl (C=O) groups is 1. The molecule has 1 amide bonds. The smallest absolute Gasteiger partial charge is 0.274 e. The number of nitrogens with zero attached hydrogens (tertiary/aromatic N) is 5. The van der Waals surface area contributed by atoms with Gasteiger partial charge in [0, 0.05) is 45.3 Å². The van der Waals surface area contributed by atoms with Gasteiger partial charge in [-0.25, -0.2) is 4.98 Å². The van der Waals surface area contributed by atoms with E-state index in [0.717, 1.165) is 44.7 Å². The van der Waals surface area contributed by atoms with E-state index >= 15 is 0 Å². The first kappa shape index (κ1) is 19.5. The highest BCUT2D eigenvalue weighted by atomic mass is 35.5. The first-order valence-electron chi connectivity index (χ1n) is 8.64. The molecule has 8 heteroatoms. The Bertz CT molecular complexity index is 676. The third-order valence-electron chi connectivity index (χ3n) is 4.64. The monoisotopic (exact) mass is 366 g/mol. The highest BCUT2D eigenvalue weighted by Crippen LogP contribution is 2.16. The number of amides is 1. The highest BCUT2D eigenvalue weighted by Gasteiger charge is 2.19. The maximum absolute atomic E-state index is 12.5. The Hall–Kier alpha value is -1.86. The minimum absolute atomic E-state index is 0. The lowest BCUT2D eigenvalue weighted by Gasteiger charge is -2.23. The van der Waals surface area contributed by atoms with E-state index in [1.165, 1.54) is 0 Å². The molecular weight excluding hydrogens is 340 g/mol. The zero-order valence-electron chi connectivity index (χ0n) is 14.9. The molecule has 1 fully saturated rings. The van der Waals surface area contributed by atoms with Crippen molar-refractivity contribution in [3.8, 4) is 0 Å². The van der Waals surface area contributed by atoms with E-state index in [0.29, 0.717) is 18.3 Å². The molecule has 2 aromatic heterocycles. The number of hydrogen-bond donors (Lipinski definition) is 1. The van der Waals surface area contributed by atoms with E-state index in [2.05, 4.69) is 20.0 Å². The van der Waals surface area contributed by atoms with Gasteiger partial charge in [0.15, 0.2) is 0 Å². The molecule has 1 N–H and O–H groups in total. The predicted octanol–water partition coefficient (Wildman–Crippen LogP) is 1.90. The molecule has 1 saturated heterocycles. The van der Waals surface area contributed by atoms with Crippen molar-refractivity contribution in [1.29, 1.82) is 0 Å². The summed E-state index contributed by atoms with van der Waals surface area (Å²) >= 11 is 0. The number of piperidine rings is 1. The van der Waals surface area contributed by atoms with Crippen molar-refractivity contribution in [2.75, 3.05) is 26.7 Å². The van der Waals surface area contributed by atoms with Crippen molar-refractivity contribution in [3.63, 3.8) is 0 Å². The van der Waals surface area contributed by atoms with Gasteiger partial charge in [0.25, 0.3) is 5.91 Å². The lowest BCUT2D eigenvalue weighted by molar-refractivity contribution is 0.0784. The summed E-state index contributed by atoms with van der Waals surface area (Å²) in [6, 6.07) is 2.18. The summed E-state index contributed by atoms with van der Waals surface area (Å²) in [5.41, 5.74) is 0.530. The van der Waals surface area contributed by atoms with Crippen LogP contribution in [0.15, 0.2) is 24.7 Å². The van der Waals surface area contributed by atoms with Crippen molar-refractivity contribution in [2.45, 2.75) is 38.8 Å². The summed E-state index contributed by atoms with van der Waals surface area (Å²) in [6.45, 7) is 5.56. The fourth-order valence-electron chi connectivity index (χ4n) is 3.13. The third-order valence-corrected chi connectivity index (χ3v) is 4.64. The van der Waals surface area contributed by atoms with E-state index in [1.54, 1.807) is 11.1 Å². The van der Waals surface area contributed by atoms with Crippen molar-refractivity contribution < 1.29 is 4.79 Å². The van der Waals surface area contributed by atoms with E-state index in [-0.39, 0.29) is 18.3 Å². The van der Waals surface area contributed by atoms with Gasteiger partial charge in [-0.3, -0.25) is 9.48 Å². The molecule has 0 bridgehead atoms. The standard InChI is InChI=1S/C17H26N6O.ClH/c1-14-19-8-12-22(14)10-4-9-21(2)17(24)16-6-11-23(20-16)15-5-3-7-18-13-15;/h6,8,11-12,15,18H,3-5,7,9-10,13H2,1-2H3;1H. The van der Waals surface area contributed by atoms with Gasteiger partial charge < -0.3 is 14.8 Å². The number of halogens is 1. The molecular formula is C17H27ClN6O. The van der Waals surface area contributed by atoms with Crippen LogP contribution < -0.4 is 5.32 Å². The van der Waals surface area contributed by atoms with Crippen molar-refractivity contribution in [2.24, 2.45) is 0 Å². The van der Waals surface area contributed by atoms with E-state index in [4.69, 9.17) is 0 Å². The van der Waals surface area contributed by atoms with Crippen LogP contribution in [0, 0.1) is 6.92 Å². The van der Waals surface area contributed by atoms with Crippen molar-refractivity contribution >= 4 is 18.3 Å². The summed E-state index contributed by atoms with van der Waals surface area (Å²) in [7, 11) is 1.84. The molecule has 0 spiro atoms. The molecule has 3 rings (SSSR count). The molecule has 3 heterocycles. The molecule has 0 aliphatic carbocycles. The number of imidazole rings is 1. The van der Waals surface area contributed by atoms with Gasteiger partial charge in [-0.05, 0) is 38.8 Å². The van der Waals surface area contributed by atoms with Crippen LogP contribution in [-0.2, 0) is 6.54 Å². The SMILES string of the molecule is Cc1nccn1CCCN(C)C(=O)c1ccn(C2CCCNC2)n1.Cl. The van der Waals surface area contributed by atoms with Crippen molar-refractivity contribution in [3.05, 3.63) is 36.2 Å². The molecule has 1 aliphatic heterocycles. The van der Waals surface area contributed by atoms with Gasteiger partial charge in [0.2, 0.25) is 0 Å². The first-order valence-corrected chi connectivity index (χ1v) is 8.64.